The van der Waals surface area contributed by atoms with Crippen molar-refractivity contribution in [2.75, 3.05) is 0 Å². The van der Waals surface area contributed by atoms with Crippen molar-refractivity contribution in [3.05, 3.63) is 63.9 Å². The Hall–Kier alpha value is -2.09. The molecule has 2 aromatic carbocycles. The number of aliphatic hydroxyl groups is 1. The van der Waals surface area contributed by atoms with Crippen molar-refractivity contribution in [3.63, 3.8) is 0 Å². The highest BCUT2D eigenvalue weighted by molar-refractivity contribution is 6.30. The van der Waals surface area contributed by atoms with Crippen LogP contribution in [0.5, 0.6) is 5.75 Å². The maximum absolute atomic E-state index is 13.9. The van der Waals surface area contributed by atoms with Crippen LogP contribution >= 0.6 is 11.6 Å². The van der Waals surface area contributed by atoms with Crippen molar-refractivity contribution in [2.24, 2.45) is 0 Å². The van der Waals surface area contributed by atoms with Crippen molar-refractivity contribution in [2.45, 2.75) is 19.6 Å². The molecule has 0 radical (unpaired) electrons. The molecule has 0 aromatic heterocycles. The number of hydrogen-bond donors (Lipinski definition) is 1. The summed E-state index contributed by atoms with van der Waals surface area (Å²) in [4.78, 5) is 0. The zero-order valence-electron chi connectivity index (χ0n) is 11.3. The molecule has 0 saturated carbocycles. The second-order valence-corrected chi connectivity index (χ2v) is 4.97. The molecule has 0 aliphatic carbocycles. The second-order valence-electron chi connectivity index (χ2n) is 4.54. The molecule has 1 N–H and O–H groups in total. The van der Waals surface area contributed by atoms with Gasteiger partial charge in [-0.2, -0.15) is 5.26 Å². The van der Waals surface area contributed by atoms with Crippen molar-refractivity contribution >= 4 is 11.6 Å². The van der Waals surface area contributed by atoms with Gasteiger partial charge in [-0.15, -0.1) is 0 Å². The van der Waals surface area contributed by atoms with Gasteiger partial charge in [0, 0.05) is 16.1 Å². The molecule has 0 spiro atoms. The maximum atomic E-state index is 13.9. The van der Waals surface area contributed by atoms with Crippen LogP contribution in [0.15, 0.2) is 36.4 Å². The Balaban J connectivity index is 2.23. The number of nitriles is 1. The van der Waals surface area contributed by atoms with E-state index in [9.17, 15) is 9.50 Å². The summed E-state index contributed by atoms with van der Waals surface area (Å²) in [5, 5.41) is 19.0. The van der Waals surface area contributed by atoms with Crippen molar-refractivity contribution in [1.82, 2.24) is 0 Å². The molecular weight excluding hydrogens is 293 g/mol. The van der Waals surface area contributed by atoms with Gasteiger partial charge >= 0.3 is 0 Å². The van der Waals surface area contributed by atoms with E-state index in [0.717, 1.165) is 0 Å². The average Bonchev–Trinajstić information content (AvgIpc) is 2.47. The number of ether oxygens (including phenoxy) is 1. The van der Waals surface area contributed by atoms with Crippen LogP contribution in [0.25, 0.3) is 0 Å². The molecular formula is C16H13ClFNO2. The van der Waals surface area contributed by atoms with Gasteiger partial charge in [0.2, 0.25) is 0 Å². The standard InChI is InChI=1S/C16H13ClFNO2/c1-10(20)14-7-13(17)5-6-15(14)21-9-12-4-2-3-11(8-19)16(12)18/h2-7,10,20H,9H2,1H3. The highest BCUT2D eigenvalue weighted by Gasteiger charge is 2.12. The van der Waals surface area contributed by atoms with Gasteiger partial charge in [-0.05, 0) is 31.2 Å². The van der Waals surface area contributed by atoms with Crippen molar-refractivity contribution in [3.8, 4) is 11.8 Å². The Morgan fingerprint density at radius 3 is 2.81 bits per heavy atom. The topological polar surface area (TPSA) is 53.2 Å². The molecule has 2 aromatic rings. The fourth-order valence-electron chi connectivity index (χ4n) is 1.91. The van der Waals surface area contributed by atoms with Gasteiger partial charge in [0.05, 0.1) is 11.7 Å². The molecule has 1 atom stereocenters. The van der Waals surface area contributed by atoms with Crippen LogP contribution in [0.2, 0.25) is 5.02 Å². The molecule has 0 aliphatic rings. The van der Waals surface area contributed by atoms with E-state index < -0.39 is 11.9 Å². The van der Waals surface area contributed by atoms with Gasteiger partial charge in [-0.25, -0.2) is 4.39 Å². The number of hydrogen-bond acceptors (Lipinski definition) is 3. The molecule has 0 bridgehead atoms. The summed E-state index contributed by atoms with van der Waals surface area (Å²) in [6, 6.07) is 11.2. The molecule has 108 valence electrons. The fraction of sp³-hybridized carbons (Fsp3) is 0.188. The summed E-state index contributed by atoms with van der Waals surface area (Å²) in [7, 11) is 0. The van der Waals surface area contributed by atoms with Gasteiger partial charge in [0.15, 0.2) is 0 Å². The molecule has 5 heteroatoms. The highest BCUT2D eigenvalue weighted by Crippen LogP contribution is 2.29. The predicted molar refractivity (Wildman–Crippen MR) is 77.5 cm³/mol. The molecule has 3 nitrogen and oxygen atoms in total. The lowest BCUT2D eigenvalue weighted by atomic mass is 10.1. The molecule has 0 amide bonds. The molecule has 1 unspecified atom stereocenters. The highest BCUT2D eigenvalue weighted by atomic mass is 35.5. The number of aliphatic hydroxyl groups excluding tert-OH is 1. The summed E-state index contributed by atoms with van der Waals surface area (Å²) in [6.07, 6.45) is -0.756. The smallest absolute Gasteiger partial charge is 0.147 e. The third-order valence-corrected chi connectivity index (χ3v) is 3.24. The summed E-state index contributed by atoms with van der Waals surface area (Å²) in [6.45, 7) is 1.55. The second kappa shape index (κ2) is 6.57. The van der Waals surface area contributed by atoms with E-state index >= 15 is 0 Å². The monoisotopic (exact) mass is 305 g/mol. The number of halogens is 2. The van der Waals surface area contributed by atoms with Gasteiger partial charge in [-0.3, -0.25) is 0 Å². The molecule has 0 heterocycles. The lowest BCUT2D eigenvalue weighted by Gasteiger charge is -2.14. The quantitative estimate of drug-likeness (QED) is 0.929. The van der Waals surface area contributed by atoms with Crippen LogP contribution in [0.4, 0.5) is 4.39 Å². The molecule has 0 saturated heterocycles. The van der Waals surface area contributed by atoms with Gasteiger partial charge in [-0.1, -0.05) is 23.7 Å². The predicted octanol–water partition coefficient (Wildman–Crippen LogP) is 3.98. The van der Waals surface area contributed by atoms with Crippen LogP contribution in [-0.4, -0.2) is 5.11 Å². The van der Waals surface area contributed by atoms with E-state index in [4.69, 9.17) is 21.6 Å². The average molecular weight is 306 g/mol. The summed E-state index contributed by atoms with van der Waals surface area (Å²) in [5.74, 6) is -0.163. The lowest BCUT2D eigenvalue weighted by Crippen LogP contribution is -2.03. The van der Waals surface area contributed by atoms with Gasteiger partial charge in [0.1, 0.15) is 24.2 Å². The Bertz CT molecular complexity index is 695. The van der Waals surface area contributed by atoms with Crippen LogP contribution in [0.1, 0.15) is 29.7 Å². The molecule has 0 fully saturated rings. The SMILES string of the molecule is CC(O)c1cc(Cl)ccc1OCc1cccc(C#N)c1F. The molecule has 2 rings (SSSR count). The van der Waals surface area contributed by atoms with Crippen LogP contribution in [0, 0.1) is 17.1 Å². The first-order chi connectivity index (χ1) is 10.0. The van der Waals surface area contributed by atoms with E-state index in [1.165, 1.54) is 6.07 Å². The minimum absolute atomic E-state index is 0.0250. The zero-order valence-corrected chi connectivity index (χ0v) is 12.1. The molecule has 21 heavy (non-hydrogen) atoms. The fourth-order valence-corrected chi connectivity index (χ4v) is 2.09. The Morgan fingerprint density at radius 1 is 1.38 bits per heavy atom. The van der Waals surface area contributed by atoms with E-state index in [1.54, 1.807) is 43.3 Å². The third kappa shape index (κ3) is 3.52. The zero-order chi connectivity index (χ0) is 15.4. The first kappa shape index (κ1) is 15.3. The van der Waals surface area contributed by atoms with E-state index in [0.29, 0.717) is 16.3 Å². The van der Waals surface area contributed by atoms with Crippen molar-refractivity contribution < 1.29 is 14.2 Å². The number of nitrogens with zero attached hydrogens (tertiary/aromatic N) is 1. The largest absolute Gasteiger partial charge is 0.488 e. The Kier molecular flexibility index (Phi) is 4.79. The number of rotatable bonds is 4. The van der Waals surface area contributed by atoms with Gasteiger partial charge < -0.3 is 9.84 Å². The van der Waals surface area contributed by atoms with Gasteiger partial charge in [0.25, 0.3) is 0 Å². The van der Waals surface area contributed by atoms with E-state index in [2.05, 4.69) is 0 Å². The lowest BCUT2D eigenvalue weighted by molar-refractivity contribution is 0.190. The summed E-state index contributed by atoms with van der Waals surface area (Å²) < 4.78 is 19.5. The van der Waals surface area contributed by atoms with Crippen LogP contribution < -0.4 is 4.74 Å². The number of benzene rings is 2. The van der Waals surface area contributed by atoms with E-state index in [1.807, 2.05) is 0 Å². The van der Waals surface area contributed by atoms with Crippen LogP contribution in [-0.2, 0) is 6.61 Å². The maximum Gasteiger partial charge on any atom is 0.147 e. The third-order valence-electron chi connectivity index (χ3n) is 3.00. The Morgan fingerprint density at radius 2 is 2.14 bits per heavy atom. The first-order valence-electron chi connectivity index (χ1n) is 6.30. The minimum Gasteiger partial charge on any atom is -0.488 e. The normalized spacial score (nSPS) is 11.8. The van der Waals surface area contributed by atoms with E-state index in [-0.39, 0.29) is 17.7 Å². The molecule has 0 aliphatic heterocycles. The Labute approximate surface area is 127 Å². The summed E-state index contributed by atoms with van der Waals surface area (Å²) in [5.41, 5.74) is 0.780. The van der Waals surface area contributed by atoms with Crippen molar-refractivity contribution in [1.29, 1.82) is 5.26 Å². The van der Waals surface area contributed by atoms with Crippen LogP contribution in [0.3, 0.4) is 0 Å². The first-order valence-corrected chi connectivity index (χ1v) is 6.68. The minimum atomic E-state index is -0.756. The summed E-state index contributed by atoms with van der Waals surface area (Å²) >= 11 is 5.88.